The quantitative estimate of drug-likeness (QED) is 0.923. The van der Waals surface area contributed by atoms with E-state index in [1.807, 2.05) is 30.5 Å². The molecule has 1 aromatic carbocycles. The molecule has 2 N–H and O–H groups in total. The summed E-state index contributed by atoms with van der Waals surface area (Å²) in [7, 11) is 1.66. The van der Waals surface area contributed by atoms with Crippen molar-refractivity contribution in [3.05, 3.63) is 40.5 Å². The lowest BCUT2D eigenvalue weighted by Gasteiger charge is -2.08. The molecule has 0 aliphatic carbocycles. The Morgan fingerprint density at radius 1 is 1.44 bits per heavy atom. The molecule has 5 heteroatoms. The van der Waals surface area contributed by atoms with Crippen LogP contribution >= 0.6 is 15.9 Å². The summed E-state index contributed by atoms with van der Waals surface area (Å²) in [5.74, 6) is 0.779. The molecule has 0 radical (unpaired) electrons. The number of aryl methyl sites for hydroxylation is 1. The SMILES string of the molecule is COc1c(CCCN)cnn1-c1cccc(Br)c1. The highest BCUT2D eigenvalue weighted by molar-refractivity contribution is 9.10. The monoisotopic (exact) mass is 309 g/mol. The summed E-state index contributed by atoms with van der Waals surface area (Å²) in [5.41, 5.74) is 7.59. The van der Waals surface area contributed by atoms with Crippen LogP contribution in [0.5, 0.6) is 5.88 Å². The molecule has 2 rings (SSSR count). The number of rotatable bonds is 5. The fourth-order valence-electron chi connectivity index (χ4n) is 1.84. The molecule has 2 aromatic rings. The third kappa shape index (κ3) is 2.73. The van der Waals surface area contributed by atoms with Gasteiger partial charge in [-0.2, -0.15) is 5.10 Å². The smallest absolute Gasteiger partial charge is 0.219 e. The van der Waals surface area contributed by atoms with Gasteiger partial charge >= 0.3 is 0 Å². The highest BCUT2D eigenvalue weighted by Crippen LogP contribution is 2.24. The lowest BCUT2D eigenvalue weighted by Crippen LogP contribution is -2.03. The Bertz CT molecular complexity index is 525. The van der Waals surface area contributed by atoms with Crippen LogP contribution in [0.2, 0.25) is 0 Å². The minimum atomic E-state index is 0.672. The largest absolute Gasteiger partial charge is 0.481 e. The first-order chi connectivity index (χ1) is 8.76. The van der Waals surface area contributed by atoms with E-state index in [4.69, 9.17) is 10.5 Å². The summed E-state index contributed by atoms with van der Waals surface area (Å²) >= 11 is 3.46. The molecule has 0 atom stereocenters. The molecule has 0 saturated carbocycles. The lowest BCUT2D eigenvalue weighted by molar-refractivity contribution is 0.379. The van der Waals surface area contributed by atoms with Crippen molar-refractivity contribution in [3.8, 4) is 11.6 Å². The number of nitrogens with two attached hydrogens (primary N) is 1. The molecule has 0 saturated heterocycles. The van der Waals surface area contributed by atoms with E-state index in [1.165, 1.54) is 0 Å². The summed E-state index contributed by atoms with van der Waals surface area (Å²) in [6.45, 7) is 0.672. The maximum Gasteiger partial charge on any atom is 0.219 e. The van der Waals surface area contributed by atoms with Crippen LogP contribution in [0.4, 0.5) is 0 Å². The van der Waals surface area contributed by atoms with Crippen LogP contribution < -0.4 is 10.5 Å². The Labute approximate surface area is 115 Å². The topological polar surface area (TPSA) is 53.1 Å². The third-order valence-electron chi connectivity index (χ3n) is 2.69. The number of halogens is 1. The van der Waals surface area contributed by atoms with Crippen LogP contribution in [0.15, 0.2) is 34.9 Å². The van der Waals surface area contributed by atoms with Crippen LogP contribution in [0, 0.1) is 0 Å². The first-order valence-electron chi connectivity index (χ1n) is 5.83. The van der Waals surface area contributed by atoms with E-state index in [0.717, 1.165) is 34.4 Å². The molecule has 0 aliphatic rings. The van der Waals surface area contributed by atoms with E-state index in [0.29, 0.717) is 6.54 Å². The zero-order valence-corrected chi connectivity index (χ0v) is 11.9. The second-order valence-corrected chi connectivity index (χ2v) is 4.88. The van der Waals surface area contributed by atoms with Gasteiger partial charge in [0.25, 0.3) is 0 Å². The van der Waals surface area contributed by atoms with Crippen LogP contribution in [-0.4, -0.2) is 23.4 Å². The van der Waals surface area contributed by atoms with Crippen molar-refractivity contribution in [2.45, 2.75) is 12.8 Å². The zero-order valence-electron chi connectivity index (χ0n) is 10.3. The van der Waals surface area contributed by atoms with Crippen LogP contribution in [0.3, 0.4) is 0 Å². The molecule has 0 aliphatic heterocycles. The predicted octanol–water partition coefficient (Wildman–Crippen LogP) is 2.53. The second-order valence-electron chi connectivity index (χ2n) is 3.96. The van der Waals surface area contributed by atoms with Crippen molar-refractivity contribution < 1.29 is 4.74 Å². The predicted molar refractivity (Wildman–Crippen MR) is 75.2 cm³/mol. The molecule has 96 valence electrons. The molecule has 18 heavy (non-hydrogen) atoms. The number of aromatic nitrogens is 2. The Morgan fingerprint density at radius 3 is 2.94 bits per heavy atom. The van der Waals surface area contributed by atoms with E-state index < -0.39 is 0 Å². The van der Waals surface area contributed by atoms with Gasteiger partial charge in [0.2, 0.25) is 5.88 Å². The number of nitrogens with zero attached hydrogens (tertiary/aromatic N) is 2. The van der Waals surface area contributed by atoms with Crippen molar-refractivity contribution in [1.29, 1.82) is 0 Å². The minimum absolute atomic E-state index is 0.672. The molecule has 1 aromatic heterocycles. The maximum atomic E-state index is 5.53. The van der Waals surface area contributed by atoms with Crippen molar-refractivity contribution in [1.82, 2.24) is 9.78 Å². The van der Waals surface area contributed by atoms with Gasteiger partial charge < -0.3 is 10.5 Å². The first-order valence-corrected chi connectivity index (χ1v) is 6.62. The first kappa shape index (κ1) is 13.1. The van der Waals surface area contributed by atoms with Gasteiger partial charge in [-0.3, -0.25) is 0 Å². The summed E-state index contributed by atoms with van der Waals surface area (Å²) in [6.07, 6.45) is 3.66. The Hall–Kier alpha value is -1.33. The van der Waals surface area contributed by atoms with E-state index in [1.54, 1.807) is 11.8 Å². The Balaban J connectivity index is 2.36. The zero-order chi connectivity index (χ0) is 13.0. The molecule has 0 fully saturated rings. The molecule has 0 unspecified atom stereocenters. The fourth-order valence-corrected chi connectivity index (χ4v) is 2.23. The van der Waals surface area contributed by atoms with E-state index in [-0.39, 0.29) is 0 Å². The molecular formula is C13H16BrN3O. The number of methoxy groups -OCH3 is 1. The van der Waals surface area contributed by atoms with Gasteiger partial charge in [-0.1, -0.05) is 22.0 Å². The van der Waals surface area contributed by atoms with E-state index in [9.17, 15) is 0 Å². The molecule has 4 nitrogen and oxygen atoms in total. The second kappa shape index (κ2) is 6.02. The summed E-state index contributed by atoms with van der Waals surface area (Å²) < 4.78 is 8.27. The van der Waals surface area contributed by atoms with E-state index >= 15 is 0 Å². The van der Waals surface area contributed by atoms with E-state index in [2.05, 4.69) is 21.0 Å². The van der Waals surface area contributed by atoms with Crippen molar-refractivity contribution in [3.63, 3.8) is 0 Å². The van der Waals surface area contributed by atoms with Crippen LogP contribution in [0.1, 0.15) is 12.0 Å². The van der Waals surface area contributed by atoms with Gasteiger partial charge in [0.15, 0.2) is 0 Å². The van der Waals surface area contributed by atoms with Crippen molar-refractivity contribution in [2.24, 2.45) is 5.73 Å². The number of benzene rings is 1. The van der Waals surface area contributed by atoms with Crippen LogP contribution in [0.25, 0.3) is 5.69 Å². The van der Waals surface area contributed by atoms with Crippen molar-refractivity contribution >= 4 is 15.9 Å². The number of ether oxygens (including phenoxy) is 1. The van der Waals surface area contributed by atoms with Gasteiger partial charge in [0.05, 0.1) is 19.0 Å². The average molecular weight is 310 g/mol. The number of hydrogen-bond donors (Lipinski definition) is 1. The minimum Gasteiger partial charge on any atom is -0.481 e. The maximum absolute atomic E-state index is 5.53. The fraction of sp³-hybridized carbons (Fsp3) is 0.308. The lowest BCUT2D eigenvalue weighted by atomic mass is 10.2. The molecule has 0 amide bonds. The van der Waals surface area contributed by atoms with Gasteiger partial charge in [-0.25, -0.2) is 4.68 Å². The molecular weight excluding hydrogens is 294 g/mol. The highest BCUT2D eigenvalue weighted by atomic mass is 79.9. The number of hydrogen-bond acceptors (Lipinski definition) is 3. The van der Waals surface area contributed by atoms with Crippen molar-refractivity contribution in [2.75, 3.05) is 13.7 Å². The Morgan fingerprint density at radius 2 is 2.28 bits per heavy atom. The van der Waals surface area contributed by atoms with Crippen LogP contribution in [-0.2, 0) is 6.42 Å². The average Bonchev–Trinajstić information content (AvgIpc) is 2.79. The summed E-state index contributed by atoms with van der Waals surface area (Å²) in [4.78, 5) is 0. The summed E-state index contributed by atoms with van der Waals surface area (Å²) in [5, 5.41) is 4.38. The van der Waals surface area contributed by atoms with Gasteiger partial charge in [0.1, 0.15) is 0 Å². The third-order valence-corrected chi connectivity index (χ3v) is 3.19. The van der Waals surface area contributed by atoms with Gasteiger partial charge in [-0.15, -0.1) is 0 Å². The van der Waals surface area contributed by atoms with Gasteiger partial charge in [-0.05, 0) is 37.6 Å². The molecule has 0 spiro atoms. The summed E-state index contributed by atoms with van der Waals surface area (Å²) in [6, 6.07) is 7.95. The Kier molecular flexibility index (Phi) is 4.38. The molecule has 0 bridgehead atoms. The highest BCUT2D eigenvalue weighted by Gasteiger charge is 2.12. The normalized spacial score (nSPS) is 10.6. The van der Waals surface area contributed by atoms with Gasteiger partial charge in [0, 0.05) is 10.0 Å². The standard InChI is InChI=1S/C13H16BrN3O/c1-18-13-10(4-3-7-15)9-16-17(13)12-6-2-5-11(14)8-12/h2,5-6,8-9H,3-4,7,15H2,1H3. The molecule has 1 heterocycles.